The minimum Gasteiger partial charge on any atom is -0.363 e. The predicted octanol–water partition coefficient (Wildman–Crippen LogP) is 2.67. The molecule has 0 unspecified atom stereocenters. The molecule has 0 saturated carbocycles. The molecule has 1 aliphatic rings. The quantitative estimate of drug-likeness (QED) is 0.629. The maximum atomic E-state index is 12.8. The van der Waals surface area contributed by atoms with Gasteiger partial charge in [-0.2, -0.15) is 8.78 Å². The first kappa shape index (κ1) is 17.7. The smallest absolute Gasteiger partial charge is 0.319 e. The Hall–Kier alpha value is -2.16. The molecule has 0 aliphatic carbocycles. The van der Waals surface area contributed by atoms with Crippen LogP contribution in [0.2, 0.25) is 0 Å². The van der Waals surface area contributed by atoms with Gasteiger partial charge in [0.15, 0.2) is 5.96 Å². The molecule has 1 aliphatic heterocycles. The van der Waals surface area contributed by atoms with Crippen molar-refractivity contribution in [2.24, 2.45) is 4.99 Å². The van der Waals surface area contributed by atoms with Crippen molar-refractivity contribution in [1.29, 1.82) is 0 Å². The molecule has 25 heavy (non-hydrogen) atoms. The van der Waals surface area contributed by atoms with E-state index in [1.54, 1.807) is 18.4 Å². The maximum Gasteiger partial charge on any atom is 0.319 e. The SMILES string of the molecule is CN=C(NCc1nccn1C(F)F)NC1CCN(c2cccs2)CC1. The Labute approximate surface area is 149 Å². The van der Waals surface area contributed by atoms with Crippen molar-refractivity contribution in [3.05, 3.63) is 35.7 Å². The molecule has 2 N–H and O–H groups in total. The van der Waals surface area contributed by atoms with Crippen molar-refractivity contribution in [3.8, 4) is 0 Å². The molecule has 6 nitrogen and oxygen atoms in total. The third-order valence-corrected chi connectivity index (χ3v) is 5.18. The van der Waals surface area contributed by atoms with Crippen molar-refractivity contribution in [3.63, 3.8) is 0 Å². The molecule has 0 spiro atoms. The van der Waals surface area contributed by atoms with Gasteiger partial charge in [0.25, 0.3) is 0 Å². The Bertz CT molecular complexity index is 677. The summed E-state index contributed by atoms with van der Waals surface area (Å²) in [6, 6.07) is 4.53. The zero-order valence-corrected chi connectivity index (χ0v) is 14.8. The molecule has 2 aromatic heterocycles. The fourth-order valence-corrected chi connectivity index (χ4v) is 3.69. The van der Waals surface area contributed by atoms with E-state index in [1.807, 2.05) is 0 Å². The monoisotopic (exact) mass is 368 g/mol. The van der Waals surface area contributed by atoms with Crippen LogP contribution in [0.1, 0.15) is 25.2 Å². The van der Waals surface area contributed by atoms with E-state index in [9.17, 15) is 8.78 Å². The average Bonchev–Trinajstić information content (AvgIpc) is 3.30. The molecule has 9 heteroatoms. The fourth-order valence-electron chi connectivity index (χ4n) is 2.90. The highest BCUT2D eigenvalue weighted by Crippen LogP contribution is 2.24. The van der Waals surface area contributed by atoms with Gasteiger partial charge in [-0.3, -0.25) is 9.56 Å². The molecule has 1 saturated heterocycles. The minimum atomic E-state index is -2.59. The van der Waals surface area contributed by atoms with E-state index in [2.05, 4.69) is 43.0 Å². The van der Waals surface area contributed by atoms with E-state index in [0.29, 0.717) is 12.0 Å². The standard InChI is InChI=1S/C16H22F2N6S/c1-19-16(21-11-13-20-6-9-24(13)15(17)18)22-12-4-7-23(8-5-12)14-3-2-10-25-14/h2-3,6,9-10,12,15H,4-5,7-8,11H2,1H3,(H2,19,21,22). The van der Waals surface area contributed by atoms with Crippen LogP contribution in [0.4, 0.5) is 13.8 Å². The second-order valence-electron chi connectivity index (χ2n) is 5.81. The van der Waals surface area contributed by atoms with Crippen LogP contribution in [0, 0.1) is 0 Å². The molecule has 136 valence electrons. The van der Waals surface area contributed by atoms with E-state index >= 15 is 0 Å². The lowest BCUT2D eigenvalue weighted by molar-refractivity contribution is 0.0668. The summed E-state index contributed by atoms with van der Waals surface area (Å²) >= 11 is 1.76. The number of aromatic nitrogens is 2. The number of anilines is 1. The first-order valence-corrected chi connectivity index (χ1v) is 9.11. The summed E-state index contributed by atoms with van der Waals surface area (Å²) in [6.45, 7) is -0.406. The van der Waals surface area contributed by atoms with E-state index in [4.69, 9.17) is 0 Å². The first-order valence-electron chi connectivity index (χ1n) is 8.23. The lowest BCUT2D eigenvalue weighted by atomic mass is 10.1. The van der Waals surface area contributed by atoms with Crippen LogP contribution in [-0.2, 0) is 6.54 Å². The molecule has 0 radical (unpaired) electrons. The third kappa shape index (κ3) is 4.47. The Morgan fingerprint density at radius 3 is 2.88 bits per heavy atom. The molecule has 2 aromatic rings. The average molecular weight is 368 g/mol. The van der Waals surface area contributed by atoms with E-state index in [1.165, 1.54) is 17.4 Å². The van der Waals surface area contributed by atoms with E-state index in [-0.39, 0.29) is 12.4 Å². The summed E-state index contributed by atoms with van der Waals surface area (Å²) in [7, 11) is 1.68. The number of hydrogen-bond acceptors (Lipinski definition) is 4. The summed E-state index contributed by atoms with van der Waals surface area (Å²) in [5.74, 6) is 0.892. The van der Waals surface area contributed by atoms with Gasteiger partial charge in [0, 0.05) is 38.6 Å². The van der Waals surface area contributed by atoms with Crippen LogP contribution >= 0.6 is 11.3 Å². The number of rotatable bonds is 5. The molecule has 3 heterocycles. The summed E-state index contributed by atoms with van der Waals surface area (Å²) < 4.78 is 26.5. The Morgan fingerprint density at radius 1 is 1.44 bits per heavy atom. The van der Waals surface area contributed by atoms with Gasteiger partial charge in [-0.05, 0) is 30.4 Å². The Kier molecular flexibility index (Phi) is 5.85. The van der Waals surface area contributed by atoms with Gasteiger partial charge in [0.05, 0.1) is 11.5 Å². The number of halogens is 2. The number of aliphatic imine (C=N–C) groups is 1. The molecule has 0 atom stereocenters. The number of alkyl halides is 2. The second-order valence-corrected chi connectivity index (χ2v) is 6.74. The second kappa shape index (κ2) is 8.28. The molecule has 0 amide bonds. The summed E-state index contributed by atoms with van der Waals surface area (Å²) in [6.07, 6.45) is 4.66. The fraction of sp³-hybridized carbons (Fsp3) is 0.500. The highest BCUT2D eigenvalue weighted by Gasteiger charge is 2.21. The van der Waals surface area contributed by atoms with Crippen LogP contribution in [0.15, 0.2) is 34.9 Å². The maximum absolute atomic E-state index is 12.8. The van der Waals surface area contributed by atoms with Crippen LogP contribution < -0.4 is 15.5 Å². The lowest BCUT2D eigenvalue weighted by Crippen LogP contribution is -2.48. The zero-order valence-electron chi connectivity index (χ0n) is 14.0. The molecule has 0 aromatic carbocycles. The van der Waals surface area contributed by atoms with Gasteiger partial charge in [0.1, 0.15) is 5.82 Å². The number of hydrogen-bond donors (Lipinski definition) is 2. The number of imidazole rings is 1. The minimum absolute atomic E-state index is 0.199. The van der Waals surface area contributed by atoms with Gasteiger partial charge >= 0.3 is 6.55 Å². The number of nitrogens with one attached hydrogen (secondary N) is 2. The predicted molar refractivity (Wildman–Crippen MR) is 96.4 cm³/mol. The number of thiophene rings is 1. The normalized spacial score (nSPS) is 16.5. The van der Waals surface area contributed by atoms with Crippen LogP contribution in [0.5, 0.6) is 0 Å². The van der Waals surface area contributed by atoms with Gasteiger partial charge in [-0.15, -0.1) is 11.3 Å². The van der Waals surface area contributed by atoms with E-state index < -0.39 is 6.55 Å². The van der Waals surface area contributed by atoms with Gasteiger partial charge in [-0.1, -0.05) is 0 Å². The van der Waals surface area contributed by atoms with Gasteiger partial charge in [0.2, 0.25) is 0 Å². The van der Waals surface area contributed by atoms with Crippen molar-refractivity contribution < 1.29 is 8.78 Å². The largest absolute Gasteiger partial charge is 0.363 e. The lowest BCUT2D eigenvalue weighted by Gasteiger charge is -2.33. The summed E-state index contributed by atoms with van der Waals surface area (Å²) in [5.41, 5.74) is 0. The van der Waals surface area contributed by atoms with Crippen molar-refractivity contribution in [2.45, 2.75) is 32.0 Å². The Morgan fingerprint density at radius 2 is 2.24 bits per heavy atom. The number of piperidine rings is 1. The van der Waals surface area contributed by atoms with Gasteiger partial charge < -0.3 is 15.5 Å². The van der Waals surface area contributed by atoms with Crippen molar-refractivity contribution >= 4 is 22.3 Å². The highest BCUT2D eigenvalue weighted by atomic mass is 32.1. The molecular formula is C16H22F2N6S. The zero-order chi connectivity index (χ0) is 17.6. The van der Waals surface area contributed by atoms with Crippen LogP contribution in [-0.4, -0.2) is 41.7 Å². The van der Waals surface area contributed by atoms with Crippen LogP contribution in [0.3, 0.4) is 0 Å². The van der Waals surface area contributed by atoms with Gasteiger partial charge in [-0.25, -0.2) is 4.98 Å². The molecular weight excluding hydrogens is 346 g/mol. The summed E-state index contributed by atoms with van der Waals surface area (Å²) in [4.78, 5) is 10.5. The molecule has 3 rings (SSSR count). The molecule has 0 bridgehead atoms. The van der Waals surface area contributed by atoms with Crippen molar-refractivity contribution in [2.75, 3.05) is 25.0 Å². The topological polar surface area (TPSA) is 57.5 Å². The molecule has 1 fully saturated rings. The first-order chi connectivity index (χ1) is 12.2. The number of guanidine groups is 1. The third-order valence-electron chi connectivity index (χ3n) is 4.25. The summed E-state index contributed by atoms with van der Waals surface area (Å²) in [5, 5.41) is 9.83. The highest BCUT2D eigenvalue weighted by molar-refractivity contribution is 7.14. The van der Waals surface area contributed by atoms with E-state index in [0.717, 1.165) is 30.5 Å². The van der Waals surface area contributed by atoms with Crippen LogP contribution in [0.25, 0.3) is 0 Å². The Balaban J connectivity index is 1.47. The number of nitrogens with zero attached hydrogens (tertiary/aromatic N) is 4. The van der Waals surface area contributed by atoms with Crippen molar-refractivity contribution in [1.82, 2.24) is 20.2 Å².